The maximum Gasteiger partial charge on any atom is 0.231 e. The smallest absolute Gasteiger partial charge is 0.231 e. The Morgan fingerprint density at radius 3 is 2.79 bits per heavy atom. The van der Waals surface area contributed by atoms with Gasteiger partial charge in [-0.1, -0.05) is 24.3 Å². The van der Waals surface area contributed by atoms with Crippen LogP contribution in [0.1, 0.15) is 24.9 Å². The zero-order chi connectivity index (χ0) is 16.7. The Balaban J connectivity index is 1.85. The van der Waals surface area contributed by atoms with Crippen LogP contribution in [0.2, 0.25) is 0 Å². The highest BCUT2D eigenvalue weighted by atomic mass is 16.7. The first-order valence-corrected chi connectivity index (χ1v) is 7.81. The number of Topliss-reactive ketones (excluding diaryl/α,β-unsaturated/α-hetero) is 1. The van der Waals surface area contributed by atoms with Gasteiger partial charge in [0, 0.05) is 23.8 Å². The van der Waals surface area contributed by atoms with Gasteiger partial charge in [0.15, 0.2) is 17.3 Å². The fourth-order valence-corrected chi connectivity index (χ4v) is 3.20. The van der Waals surface area contributed by atoms with Gasteiger partial charge in [-0.15, -0.1) is 0 Å². The number of anilines is 1. The van der Waals surface area contributed by atoms with E-state index in [4.69, 9.17) is 9.47 Å². The average molecular weight is 323 g/mol. The minimum Gasteiger partial charge on any atom is -0.506 e. The number of nitrogens with zero attached hydrogens (tertiary/aromatic N) is 1. The number of para-hydroxylation sites is 3. The lowest BCUT2D eigenvalue weighted by molar-refractivity contribution is -0.116. The summed E-state index contributed by atoms with van der Waals surface area (Å²) < 4.78 is 11.1. The number of benzene rings is 2. The Labute approximate surface area is 139 Å². The lowest BCUT2D eigenvalue weighted by Gasteiger charge is -2.35. The number of ether oxygens (including phenoxy) is 2. The number of rotatable bonds is 2. The van der Waals surface area contributed by atoms with Gasteiger partial charge in [-0.25, -0.2) is 0 Å². The molecular weight excluding hydrogens is 306 g/mol. The standard InChI is InChI=1S/C19H17NO4/c1-12-10-20(14-6-2-3-7-16(14)21)15(9-17(12)22)13-5-4-8-18-19(13)24-11-23-18/h2-8,10,15,21H,9,11H2,1H3/t15-/m1/s1. The van der Waals surface area contributed by atoms with E-state index in [-0.39, 0.29) is 24.4 Å². The van der Waals surface area contributed by atoms with Crippen molar-refractivity contribution in [3.8, 4) is 17.2 Å². The molecule has 0 unspecified atom stereocenters. The van der Waals surface area contributed by atoms with Crippen LogP contribution >= 0.6 is 0 Å². The summed E-state index contributed by atoms with van der Waals surface area (Å²) in [6.07, 6.45) is 2.11. The molecule has 2 aromatic carbocycles. The molecule has 1 atom stereocenters. The molecule has 122 valence electrons. The molecule has 1 N–H and O–H groups in total. The molecule has 0 radical (unpaired) electrons. The van der Waals surface area contributed by atoms with Crippen molar-refractivity contribution in [1.82, 2.24) is 0 Å². The fourth-order valence-electron chi connectivity index (χ4n) is 3.20. The van der Waals surface area contributed by atoms with Crippen LogP contribution in [0.5, 0.6) is 17.2 Å². The van der Waals surface area contributed by atoms with E-state index >= 15 is 0 Å². The highest BCUT2D eigenvalue weighted by Gasteiger charge is 2.33. The number of hydrogen-bond donors (Lipinski definition) is 1. The first-order chi connectivity index (χ1) is 11.6. The molecule has 0 amide bonds. The monoisotopic (exact) mass is 323 g/mol. The lowest BCUT2D eigenvalue weighted by Crippen LogP contribution is -2.31. The quantitative estimate of drug-likeness (QED) is 0.916. The summed E-state index contributed by atoms with van der Waals surface area (Å²) in [6.45, 7) is 1.97. The van der Waals surface area contributed by atoms with Gasteiger partial charge in [0.2, 0.25) is 6.79 Å². The second-order valence-electron chi connectivity index (χ2n) is 5.93. The molecule has 24 heavy (non-hydrogen) atoms. The van der Waals surface area contributed by atoms with Gasteiger partial charge in [0.25, 0.3) is 0 Å². The minimum atomic E-state index is -0.258. The molecular formula is C19H17NO4. The molecule has 0 fully saturated rings. The molecule has 5 nitrogen and oxygen atoms in total. The Kier molecular flexibility index (Phi) is 3.41. The van der Waals surface area contributed by atoms with Crippen molar-refractivity contribution in [1.29, 1.82) is 0 Å². The van der Waals surface area contributed by atoms with E-state index in [1.165, 1.54) is 0 Å². The molecule has 0 aliphatic carbocycles. The Bertz CT molecular complexity index is 843. The Hall–Kier alpha value is -2.95. The van der Waals surface area contributed by atoms with Crippen LogP contribution in [0.15, 0.2) is 54.2 Å². The first kappa shape index (κ1) is 14.6. The molecule has 0 aromatic heterocycles. The molecule has 0 spiro atoms. The Morgan fingerprint density at radius 2 is 1.96 bits per heavy atom. The van der Waals surface area contributed by atoms with E-state index in [2.05, 4.69) is 0 Å². The fraction of sp³-hybridized carbons (Fsp3) is 0.211. The highest BCUT2D eigenvalue weighted by molar-refractivity contribution is 5.97. The van der Waals surface area contributed by atoms with Crippen LogP contribution in [-0.4, -0.2) is 17.7 Å². The summed E-state index contributed by atoms with van der Waals surface area (Å²) in [4.78, 5) is 14.2. The third-order valence-corrected chi connectivity index (χ3v) is 4.43. The molecule has 0 saturated heterocycles. The van der Waals surface area contributed by atoms with Crippen molar-refractivity contribution >= 4 is 11.5 Å². The van der Waals surface area contributed by atoms with Crippen molar-refractivity contribution in [2.75, 3.05) is 11.7 Å². The zero-order valence-electron chi connectivity index (χ0n) is 13.2. The minimum absolute atomic E-state index is 0.0863. The number of carbonyl (C=O) groups excluding carboxylic acids is 1. The average Bonchev–Trinajstić information content (AvgIpc) is 3.06. The third-order valence-electron chi connectivity index (χ3n) is 4.43. The molecule has 2 heterocycles. The lowest BCUT2D eigenvalue weighted by atomic mass is 9.92. The zero-order valence-corrected chi connectivity index (χ0v) is 13.2. The van der Waals surface area contributed by atoms with Crippen molar-refractivity contribution in [2.24, 2.45) is 0 Å². The topological polar surface area (TPSA) is 59.0 Å². The normalized spacial score (nSPS) is 19.4. The number of ketones is 1. The molecule has 2 aromatic rings. The number of hydrogen-bond acceptors (Lipinski definition) is 5. The number of fused-ring (bicyclic) bond motifs is 1. The van der Waals surface area contributed by atoms with Crippen LogP contribution in [0, 0.1) is 0 Å². The van der Waals surface area contributed by atoms with E-state index < -0.39 is 0 Å². The van der Waals surface area contributed by atoms with Gasteiger partial charge in [-0.05, 0) is 25.1 Å². The SMILES string of the molecule is CC1=CN(c2ccccc2O)[C@@H](c2cccc3c2OCO3)CC1=O. The summed E-state index contributed by atoms with van der Waals surface area (Å²) in [5.74, 6) is 1.61. The van der Waals surface area contributed by atoms with E-state index in [0.29, 0.717) is 29.2 Å². The van der Waals surface area contributed by atoms with Crippen molar-refractivity contribution in [2.45, 2.75) is 19.4 Å². The molecule has 0 bridgehead atoms. The summed E-state index contributed by atoms with van der Waals surface area (Å²) in [5.41, 5.74) is 2.20. The number of allylic oxidation sites excluding steroid dienone is 1. The first-order valence-electron chi connectivity index (χ1n) is 7.81. The predicted octanol–water partition coefficient (Wildman–Crippen LogP) is 3.55. The predicted molar refractivity (Wildman–Crippen MR) is 89.3 cm³/mol. The van der Waals surface area contributed by atoms with Crippen molar-refractivity contribution in [3.05, 3.63) is 59.8 Å². The summed E-state index contributed by atoms with van der Waals surface area (Å²) in [7, 11) is 0. The van der Waals surface area contributed by atoms with Gasteiger partial charge in [-0.2, -0.15) is 0 Å². The highest BCUT2D eigenvalue weighted by Crippen LogP contribution is 2.45. The van der Waals surface area contributed by atoms with E-state index in [0.717, 1.165) is 5.56 Å². The summed E-state index contributed by atoms with van der Waals surface area (Å²) in [5, 5.41) is 10.3. The van der Waals surface area contributed by atoms with Crippen LogP contribution in [0.4, 0.5) is 5.69 Å². The molecule has 4 rings (SSSR count). The largest absolute Gasteiger partial charge is 0.506 e. The van der Waals surface area contributed by atoms with Crippen LogP contribution in [-0.2, 0) is 4.79 Å². The van der Waals surface area contributed by atoms with Gasteiger partial charge < -0.3 is 19.5 Å². The second-order valence-corrected chi connectivity index (χ2v) is 5.93. The van der Waals surface area contributed by atoms with E-state index in [1.807, 2.05) is 35.2 Å². The van der Waals surface area contributed by atoms with Gasteiger partial charge in [-0.3, -0.25) is 4.79 Å². The number of carbonyl (C=O) groups is 1. The van der Waals surface area contributed by atoms with Crippen LogP contribution in [0.3, 0.4) is 0 Å². The van der Waals surface area contributed by atoms with Crippen molar-refractivity contribution in [3.63, 3.8) is 0 Å². The van der Waals surface area contributed by atoms with E-state index in [1.54, 1.807) is 25.3 Å². The molecule has 0 saturated carbocycles. The summed E-state index contributed by atoms with van der Waals surface area (Å²) >= 11 is 0. The number of phenols is 1. The van der Waals surface area contributed by atoms with Crippen LogP contribution < -0.4 is 14.4 Å². The Morgan fingerprint density at radius 1 is 1.12 bits per heavy atom. The number of phenolic OH excluding ortho intramolecular Hbond substituents is 1. The van der Waals surface area contributed by atoms with E-state index in [9.17, 15) is 9.90 Å². The van der Waals surface area contributed by atoms with Gasteiger partial charge >= 0.3 is 0 Å². The molecule has 2 aliphatic rings. The molecule has 2 aliphatic heterocycles. The number of aromatic hydroxyl groups is 1. The maximum atomic E-state index is 12.3. The van der Waals surface area contributed by atoms with Crippen molar-refractivity contribution < 1.29 is 19.4 Å². The van der Waals surface area contributed by atoms with Gasteiger partial charge in [0.1, 0.15) is 5.75 Å². The third kappa shape index (κ3) is 2.29. The van der Waals surface area contributed by atoms with Gasteiger partial charge in [0.05, 0.1) is 11.7 Å². The maximum absolute atomic E-state index is 12.3. The van der Waals surface area contributed by atoms with Crippen LogP contribution in [0.25, 0.3) is 0 Å². The summed E-state index contributed by atoms with van der Waals surface area (Å²) in [6, 6.07) is 12.5. The second kappa shape index (κ2) is 5.60. The molecule has 5 heteroatoms.